The number of imide groups is 1. The van der Waals surface area contributed by atoms with Gasteiger partial charge in [-0.15, -0.1) is 0 Å². The maximum absolute atomic E-state index is 12.5. The van der Waals surface area contributed by atoms with Crippen molar-refractivity contribution in [3.05, 3.63) is 79.2 Å². The number of amides is 2. The number of rotatable bonds is 4. The van der Waals surface area contributed by atoms with E-state index in [1.54, 1.807) is 24.3 Å². The Balaban J connectivity index is 1.88. The van der Waals surface area contributed by atoms with Gasteiger partial charge in [-0.3, -0.25) is 24.6 Å². The van der Waals surface area contributed by atoms with Crippen molar-refractivity contribution in [2.75, 3.05) is 0 Å². The van der Waals surface area contributed by atoms with E-state index in [0.717, 1.165) is 26.7 Å². The fourth-order valence-corrected chi connectivity index (χ4v) is 3.59. The number of hydrogen-bond acceptors (Lipinski definition) is 5. The fraction of sp³-hybridized carbons (Fsp3) is 0.0588. The minimum atomic E-state index is -0.522. The molecule has 0 spiro atoms. The Morgan fingerprint density at radius 1 is 1.12 bits per heavy atom. The van der Waals surface area contributed by atoms with E-state index in [0.29, 0.717) is 5.56 Å². The predicted octanol–water partition coefficient (Wildman–Crippen LogP) is 4.59. The van der Waals surface area contributed by atoms with E-state index in [9.17, 15) is 19.7 Å². The third-order valence-electron chi connectivity index (χ3n) is 3.58. The van der Waals surface area contributed by atoms with Crippen molar-refractivity contribution in [1.82, 2.24) is 4.90 Å². The lowest BCUT2D eigenvalue weighted by Gasteiger charge is -2.12. The van der Waals surface area contributed by atoms with Gasteiger partial charge in [0.1, 0.15) is 0 Å². The van der Waals surface area contributed by atoms with Gasteiger partial charge < -0.3 is 0 Å². The first-order valence-electron chi connectivity index (χ1n) is 7.19. The van der Waals surface area contributed by atoms with Crippen molar-refractivity contribution < 1.29 is 14.5 Å². The van der Waals surface area contributed by atoms with Crippen molar-refractivity contribution in [1.29, 1.82) is 0 Å². The number of nitro benzene ring substituents is 1. The van der Waals surface area contributed by atoms with Gasteiger partial charge in [0.25, 0.3) is 16.8 Å². The third-order valence-corrected chi connectivity index (χ3v) is 5.21. The van der Waals surface area contributed by atoms with Crippen molar-refractivity contribution in [2.24, 2.45) is 0 Å². The first kappa shape index (κ1) is 17.4. The molecule has 25 heavy (non-hydrogen) atoms. The van der Waals surface area contributed by atoms with Gasteiger partial charge in [0, 0.05) is 16.1 Å². The molecule has 1 heterocycles. The summed E-state index contributed by atoms with van der Waals surface area (Å²) in [6.45, 7) is -0.130. The maximum atomic E-state index is 12.5. The van der Waals surface area contributed by atoms with Crippen LogP contribution in [0.4, 0.5) is 10.5 Å². The van der Waals surface area contributed by atoms with E-state index < -0.39 is 16.1 Å². The summed E-state index contributed by atoms with van der Waals surface area (Å²) >= 11 is 4.22. The van der Waals surface area contributed by atoms with E-state index in [2.05, 4.69) is 15.9 Å². The normalized spacial score (nSPS) is 15.9. The smallest absolute Gasteiger partial charge is 0.268 e. The molecule has 0 unspecified atom stereocenters. The number of hydrogen-bond donors (Lipinski definition) is 0. The fourth-order valence-electron chi connectivity index (χ4n) is 2.36. The molecule has 1 aliphatic heterocycles. The topological polar surface area (TPSA) is 80.5 Å². The summed E-state index contributed by atoms with van der Waals surface area (Å²) in [5, 5.41) is 10.7. The number of carbonyl (C=O) groups is 2. The molecule has 0 N–H and O–H groups in total. The highest BCUT2D eigenvalue weighted by Crippen LogP contribution is 2.35. The van der Waals surface area contributed by atoms with Crippen LogP contribution in [0.1, 0.15) is 11.1 Å². The number of nitrogens with zero attached hydrogens (tertiary/aromatic N) is 2. The van der Waals surface area contributed by atoms with Crippen molar-refractivity contribution in [3.8, 4) is 0 Å². The van der Waals surface area contributed by atoms with Crippen LogP contribution in [0, 0.1) is 10.1 Å². The van der Waals surface area contributed by atoms with Crippen molar-refractivity contribution >= 4 is 50.6 Å². The Labute approximate surface area is 155 Å². The molecule has 6 nitrogen and oxygen atoms in total. The largest absolute Gasteiger partial charge is 0.293 e. The second-order valence-corrected chi connectivity index (χ2v) is 7.02. The molecule has 1 saturated heterocycles. The van der Waals surface area contributed by atoms with Crippen molar-refractivity contribution in [2.45, 2.75) is 6.54 Å². The third kappa shape index (κ3) is 3.64. The molecule has 2 aromatic rings. The highest BCUT2D eigenvalue weighted by atomic mass is 79.9. The summed E-state index contributed by atoms with van der Waals surface area (Å²) in [5.74, 6) is -0.455. The van der Waals surface area contributed by atoms with E-state index >= 15 is 0 Å². The molecule has 0 saturated carbocycles. The second-order valence-electron chi connectivity index (χ2n) is 5.18. The molecule has 1 fully saturated rings. The van der Waals surface area contributed by atoms with Crippen LogP contribution in [0.25, 0.3) is 6.08 Å². The van der Waals surface area contributed by atoms with E-state index in [4.69, 9.17) is 0 Å². The highest BCUT2D eigenvalue weighted by Gasteiger charge is 2.36. The summed E-state index contributed by atoms with van der Waals surface area (Å²) in [7, 11) is 0. The molecular weight excluding hydrogens is 408 g/mol. The van der Waals surface area contributed by atoms with Crippen LogP contribution in [0.5, 0.6) is 0 Å². The minimum absolute atomic E-state index is 0.115. The van der Waals surface area contributed by atoms with Gasteiger partial charge in [0.15, 0.2) is 0 Å². The summed E-state index contributed by atoms with van der Waals surface area (Å²) < 4.78 is 0.806. The zero-order valence-corrected chi connectivity index (χ0v) is 15.1. The Kier molecular flexibility index (Phi) is 5.00. The van der Waals surface area contributed by atoms with E-state index in [1.165, 1.54) is 6.07 Å². The summed E-state index contributed by atoms with van der Waals surface area (Å²) in [4.78, 5) is 36.6. The van der Waals surface area contributed by atoms with Gasteiger partial charge >= 0.3 is 0 Å². The van der Waals surface area contributed by atoms with Crippen LogP contribution in [0.2, 0.25) is 0 Å². The standard InChI is InChI=1S/C17H11BrN2O4S/c18-13-7-3-1-5-11(13)9-15-16(21)19(17(22)25-15)10-12-6-2-4-8-14(12)20(23)24/h1-9H,10H2/b15-9-. The van der Waals surface area contributed by atoms with Crippen molar-refractivity contribution in [3.63, 3.8) is 0 Å². The predicted molar refractivity (Wildman–Crippen MR) is 98.8 cm³/mol. The molecule has 2 aromatic carbocycles. The van der Waals surface area contributed by atoms with Crippen LogP contribution in [0.15, 0.2) is 57.9 Å². The molecule has 1 aliphatic rings. The average molecular weight is 419 g/mol. The van der Waals surface area contributed by atoms with E-state index in [-0.39, 0.29) is 17.1 Å². The van der Waals surface area contributed by atoms with Gasteiger partial charge in [-0.2, -0.15) is 0 Å². The molecule has 8 heteroatoms. The maximum Gasteiger partial charge on any atom is 0.293 e. The molecular formula is C17H11BrN2O4S. The Morgan fingerprint density at radius 2 is 1.80 bits per heavy atom. The Bertz CT molecular complexity index is 913. The molecule has 126 valence electrons. The van der Waals surface area contributed by atoms with Gasteiger partial charge in [-0.1, -0.05) is 52.3 Å². The molecule has 0 radical (unpaired) electrons. The molecule has 0 aliphatic carbocycles. The van der Waals surface area contributed by atoms with Crippen LogP contribution in [-0.2, 0) is 11.3 Å². The first-order chi connectivity index (χ1) is 12.0. The molecule has 3 rings (SSSR count). The lowest BCUT2D eigenvalue weighted by atomic mass is 10.1. The summed E-state index contributed by atoms with van der Waals surface area (Å²) in [6.07, 6.45) is 1.63. The summed E-state index contributed by atoms with van der Waals surface area (Å²) in [6, 6.07) is 13.4. The van der Waals surface area contributed by atoms with Crippen LogP contribution < -0.4 is 0 Å². The van der Waals surface area contributed by atoms with Gasteiger partial charge in [0.2, 0.25) is 0 Å². The lowest BCUT2D eigenvalue weighted by Crippen LogP contribution is -2.27. The highest BCUT2D eigenvalue weighted by molar-refractivity contribution is 9.10. The number of carbonyl (C=O) groups excluding carboxylic acids is 2. The van der Waals surface area contributed by atoms with Crippen LogP contribution in [0.3, 0.4) is 0 Å². The quantitative estimate of drug-likeness (QED) is 0.411. The zero-order valence-electron chi connectivity index (χ0n) is 12.7. The SMILES string of the molecule is O=C1S/C(=C\c2ccccc2Br)C(=O)N1Cc1ccccc1[N+](=O)[O-]. The molecule has 0 atom stereocenters. The number of benzene rings is 2. The summed E-state index contributed by atoms with van der Waals surface area (Å²) in [5.41, 5.74) is 0.979. The van der Waals surface area contributed by atoms with E-state index in [1.807, 2.05) is 24.3 Å². The molecule has 0 bridgehead atoms. The minimum Gasteiger partial charge on any atom is -0.268 e. The lowest BCUT2D eigenvalue weighted by molar-refractivity contribution is -0.385. The van der Waals surface area contributed by atoms with Crippen LogP contribution >= 0.6 is 27.7 Å². The van der Waals surface area contributed by atoms with Gasteiger partial charge in [-0.25, -0.2) is 0 Å². The monoisotopic (exact) mass is 418 g/mol. The number of thioether (sulfide) groups is 1. The molecule has 2 amide bonds. The average Bonchev–Trinajstić information content (AvgIpc) is 2.85. The second kappa shape index (κ2) is 7.20. The zero-order chi connectivity index (χ0) is 18.0. The van der Waals surface area contributed by atoms with Gasteiger partial charge in [-0.05, 0) is 29.5 Å². The first-order valence-corrected chi connectivity index (χ1v) is 8.80. The number of para-hydroxylation sites is 1. The number of halogens is 1. The Hall–Kier alpha value is -2.45. The van der Waals surface area contributed by atoms with Crippen LogP contribution in [-0.4, -0.2) is 21.0 Å². The number of nitro groups is 1. The van der Waals surface area contributed by atoms with Gasteiger partial charge in [0.05, 0.1) is 16.4 Å². The Morgan fingerprint density at radius 3 is 2.52 bits per heavy atom. The molecule has 0 aromatic heterocycles.